The van der Waals surface area contributed by atoms with Crippen LogP contribution in [-0.2, 0) is 19.4 Å². The van der Waals surface area contributed by atoms with E-state index in [9.17, 15) is 0 Å². The summed E-state index contributed by atoms with van der Waals surface area (Å²) >= 11 is 1.68. The summed E-state index contributed by atoms with van der Waals surface area (Å²) in [7, 11) is 1.65. The van der Waals surface area contributed by atoms with Crippen molar-refractivity contribution in [2.75, 3.05) is 31.6 Å². The average molecular weight is 503 g/mol. The standard InChI is InChI=1S/C26H30N8OS/c1-17-12-32(16-27-17)23-9-8-21(28-24(23)35-2)22-15-36-26(29-22)33-13-18(31-10-3-4-11-31)14-34-25(33)19-6-5-7-20(19)30-34/h8-9,12,15-16,18H,3-7,10-11,13-14H2,1-2H3. The predicted molar refractivity (Wildman–Crippen MR) is 140 cm³/mol. The van der Waals surface area contributed by atoms with Crippen LogP contribution < -0.4 is 9.64 Å². The smallest absolute Gasteiger partial charge is 0.238 e. The Morgan fingerprint density at radius 1 is 1.03 bits per heavy atom. The number of thiazole rings is 1. The monoisotopic (exact) mass is 502 g/mol. The van der Waals surface area contributed by atoms with Crippen molar-refractivity contribution >= 4 is 22.3 Å². The fourth-order valence-corrected chi connectivity index (χ4v) is 6.73. The second-order valence-electron chi connectivity index (χ2n) is 9.95. The molecule has 0 bridgehead atoms. The zero-order valence-corrected chi connectivity index (χ0v) is 21.5. The highest BCUT2D eigenvalue weighted by Gasteiger charge is 2.36. The molecule has 1 fully saturated rings. The first-order valence-corrected chi connectivity index (χ1v) is 13.7. The van der Waals surface area contributed by atoms with Gasteiger partial charge >= 0.3 is 0 Å². The van der Waals surface area contributed by atoms with Crippen LogP contribution in [0.5, 0.6) is 5.88 Å². The molecular weight excluding hydrogens is 472 g/mol. The SMILES string of the molecule is COc1nc(-c2csc(N3CC(N4CCCC4)Cn4nc5c(c43)CCC5)n2)ccc1-n1cnc(C)c1. The van der Waals surface area contributed by atoms with Crippen molar-refractivity contribution in [1.29, 1.82) is 0 Å². The maximum absolute atomic E-state index is 5.64. The van der Waals surface area contributed by atoms with E-state index in [0.29, 0.717) is 11.9 Å². The van der Waals surface area contributed by atoms with Crippen molar-refractivity contribution < 1.29 is 4.74 Å². The lowest BCUT2D eigenvalue weighted by molar-refractivity contribution is 0.208. The van der Waals surface area contributed by atoms with Crippen LogP contribution in [0.15, 0.2) is 30.0 Å². The molecule has 9 nitrogen and oxygen atoms in total. The molecule has 4 aromatic heterocycles. The molecule has 4 aromatic rings. The lowest BCUT2D eigenvalue weighted by Crippen LogP contribution is -2.48. The molecule has 36 heavy (non-hydrogen) atoms. The summed E-state index contributed by atoms with van der Waals surface area (Å²) in [6.07, 6.45) is 9.74. The minimum atomic E-state index is 0.462. The number of ether oxygens (including phenoxy) is 1. The van der Waals surface area contributed by atoms with Gasteiger partial charge in [-0.2, -0.15) is 5.10 Å². The highest BCUT2D eigenvalue weighted by molar-refractivity contribution is 7.14. The van der Waals surface area contributed by atoms with E-state index in [1.807, 2.05) is 29.8 Å². The van der Waals surface area contributed by atoms with E-state index < -0.39 is 0 Å². The van der Waals surface area contributed by atoms with E-state index in [1.165, 1.54) is 49.4 Å². The molecule has 0 N–H and O–H groups in total. The van der Waals surface area contributed by atoms with Crippen molar-refractivity contribution in [3.8, 4) is 23.0 Å². The second-order valence-corrected chi connectivity index (χ2v) is 10.8. The maximum atomic E-state index is 5.64. The third-order valence-electron chi connectivity index (χ3n) is 7.64. The Morgan fingerprint density at radius 3 is 2.72 bits per heavy atom. The first kappa shape index (κ1) is 22.0. The van der Waals surface area contributed by atoms with E-state index >= 15 is 0 Å². The van der Waals surface area contributed by atoms with Gasteiger partial charge in [-0.15, -0.1) is 11.3 Å². The molecule has 1 atom stereocenters. The number of aryl methyl sites for hydroxylation is 2. The van der Waals surface area contributed by atoms with Crippen LogP contribution in [0.25, 0.3) is 17.1 Å². The van der Waals surface area contributed by atoms with Crippen molar-refractivity contribution in [3.05, 3.63) is 47.0 Å². The van der Waals surface area contributed by atoms with E-state index in [-0.39, 0.29) is 0 Å². The number of anilines is 2. The van der Waals surface area contributed by atoms with Gasteiger partial charge in [0.1, 0.15) is 17.2 Å². The predicted octanol–water partition coefficient (Wildman–Crippen LogP) is 4.01. The van der Waals surface area contributed by atoms with Gasteiger partial charge < -0.3 is 14.2 Å². The van der Waals surface area contributed by atoms with Crippen LogP contribution >= 0.6 is 11.3 Å². The van der Waals surface area contributed by atoms with Gasteiger partial charge in [0.15, 0.2) is 5.13 Å². The zero-order valence-electron chi connectivity index (χ0n) is 20.7. The number of pyridine rings is 1. The Bertz CT molecular complexity index is 1420. The molecule has 7 rings (SSSR count). The minimum absolute atomic E-state index is 0.462. The van der Waals surface area contributed by atoms with Crippen LogP contribution in [0.4, 0.5) is 10.9 Å². The second kappa shape index (κ2) is 8.70. The van der Waals surface area contributed by atoms with Crippen LogP contribution in [0.1, 0.15) is 36.2 Å². The molecule has 0 saturated carbocycles. The Morgan fingerprint density at radius 2 is 1.92 bits per heavy atom. The Kier molecular flexibility index (Phi) is 5.32. The molecule has 10 heteroatoms. The molecule has 1 unspecified atom stereocenters. The Labute approximate surface area is 214 Å². The number of hydrogen-bond donors (Lipinski definition) is 0. The first-order chi connectivity index (χ1) is 17.7. The van der Waals surface area contributed by atoms with Gasteiger partial charge in [-0.05, 0) is 64.3 Å². The molecule has 1 aliphatic carbocycles. The van der Waals surface area contributed by atoms with Crippen molar-refractivity contribution in [2.24, 2.45) is 0 Å². The number of rotatable bonds is 5. The largest absolute Gasteiger partial charge is 0.479 e. The van der Waals surface area contributed by atoms with Gasteiger partial charge in [-0.25, -0.2) is 19.6 Å². The lowest BCUT2D eigenvalue weighted by atomic mass is 10.1. The summed E-state index contributed by atoms with van der Waals surface area (Å²) in [6, 6.07) is 4.49. The van der Waals surface area contributed by atoms with Gasteiger partial charge in [0.05, 0.1) is 37.1 Å². The van der Waals surface area contributed by atoms with Crippen LogP contribution in [0.3, 0.4) is 0 Å². The normalized spacial score (nSPS) is 19.6. The molecule has 3 aliphatic rings. The number of fused-ring (bicyclic) bond motifs is 3. The van der Waals surface area contributed by atoms with Crippen molar-refractivity contribution in [1.82, 2.24) is 34.2 Å². The zero-order chi connectivity index (χ0) is 24.2. The summed E-state index contributed by atoms with van der Waals surface area (Å²) in [5, 5.41) is 8.17. The first-order valence-electron chi connectivity index (χ1n) is 12.8. The van der Waals surface area contributed by atoms with Gasteiger partial charge in [0, 0.05) is 29.7 Å². The molecule has 6 heterocycles. The van der Waals surface area contributed by atoms with Gasteiger partial charge in [0.2, 0.25) is 5.88 Å². The Hall–Kier alpha value is -3.24. The quantitative estimate of drug-likeness (QED) is 0.408. The number of methoxy groups -OCH3 is 1. The van der Waals surface area contributed by atoms with E-state index in [4.69, 9.17) is 19.8 Å². The lowest BCUT2D eigenvalue weighted by Gasteiger charge is -2.38. The number of likely N-dealkylation sites (tertiary alicyclic amines) is 1. The van der Waals surface area contributed by atoms with Gasteiger partial charge in [0.25, 0.3) is 0 Å². The number of nitrogens with zero attached hydrogens (tertiary/aromatic N) is 8. The van der Waals surface area contributed by atoms with E-state index in [2.05, 4.69) is 24.8 Å². The third-order valence-corrected chi connectivity index (χ3v) is 8.51. The summed E-state index contributed by atoms with van der Waals surface area (Å²) in [5.74, 6) is 1.82. The summed E-state index contributed by atoms with van der Waals surface area (Å²) in [6.45, 7) is 6.28. The Balaban J connectivity index is 1.24. The molecule has 0 amide bonds. The van der Waals surface area contributed by atoms with Gasteiger partial charge in [-0.1, -0.05) is 0 Å². The molecule has 0 radical (unpaired) electrons. The average Bonchev–Trinajstić information content (AvgIpc) is 3.70. The molecular formula is C26H30N8OS. The maximum Gasteiger partial charge on any atom is 0.238 e. The summed E-state index contributed by atoms with van der Waals surface area (Å²) in [5.41, 5.74) is 6.19. The summed E-state index contributed by atoms with van der Waals surface area (Å²) in [4.78, 5) is 19.3. The van der Waals surface area contributed by atoms with E-state index in [1.54, 1.807) is 24.8 Å². The van der Waals surface area contributed by atoms with E-state index in [0.717, 1.165) is 53.8 Å². The summed E-state index contributed by atoms with van der Waals surface area (Å²) < 4.78 is 9.84. The number of hydrogen-bond acceptors (Lipinski definition) is 8. The molecule has 2 aliphatic heterocycles. The van der Waals surface area contributed by atoms with Crippen molar-refractivity contribution in [2.45, 2.75) is 51.6 Å². The van der Waals surface area contributed by atoms with Gasteiger partial charge in [-0.3, -0.25) is 4.90 Å². The van der Waals surface area contributed by atoms with Crippen LogP contribution in [0, 0.1) is 6.92 Å². The van der Waals surface area contributed by atoms with Crippen LogP contribution in [-0.4, -0.2) is 67.0 Å². The topological polar surface area (TPSA) is 77.1 Å². The van der Waals surface area contributed by atoms with Crippen LogP contribution in [0.2, 0.25) is 0 Å². The molecule has 0 spiro atoms. The molecule has 186 valence electrons. The minimum Gasteiger partial charge on any atom is -0.479 e. The van der Waals surface area contributed by atoms with Crippen molar-refractivity contribution in [3.63, 3.8) is 0 Å². The highest BCUT2D eigenvalue weighted by atomic mass is 32.1. The number of imidazole rings is 1. The molecule has 1 saturated heterocycles. The third kappa shape index (κ3) is 3.62. The fourth-order valence-electron chi connectivity index (χ4n) is 5.90. The number of aromatic nitrogens is 6. The molecule has 0 aromatic carbocycles. The highest BCUT2D eigenvalue weighted by Crippen LogP contribution is 2.41. The fraction of sp³-hybridized carbons (Fsp3) is 0.462.